The molecule has 0 aliphatic carbocycles. The second-order valence-electron chi connectivity index (χ2n) is 3.79. The Labute approximate surface area is 117 Å². The van der Waals surface area contributed by atoms with Crippen LogP contribution in [0, 0.1) is 0 Å². The molecule has 0 atom stereocenters. The number of carbonyl (C=O) groups is 1. The number of rotatable bonds is 3. The summed E-state index contributed by atoms with van der Waals surface area (Å²) >= 11 is 2.99. The van der Waals surface area contributed by atoms with Gasteiger partial charge in [0.2, 0.25) is 0 Å². The Morgan fingerprint density at radius 3 is 2.37 bits per heavy atom. The first kappa shape index (κ1) is 15.8. The lowest BCUT2D eigenvalue weighted by Gasteiger charge is -2.21. The number of hydrogen-bond donors (Lipinski definition) is 1. The predicted octanol–water partition coefficient (Wildman–Crippen LogP) is 4.34. The second-order valence-corrected chi connectivity index (χ2v) is 4.71. The van der Waals surface area contributed by atoms with Crippen molar-refractivity contribution in [2.75, 3.05) is 18.4 Å². The number of nitrogens with zero attached hydrogens (tertiary/aromatic N) is 1. The number of amides is 2. The topological polar surface area (TPSA) is 32.3 Å². The average molecular weight is 339 g/mol. The van der Waals surface area contributed by atoms with Crippen molar-refractivity contribution < 1.29 is 18.0 Å². The van der Waals surface area contributed by atoms with E-state index in [0.29, 0.717) is 17.6 Å². The van der Waals surface area contributed by atoms with Crippen LogP contribution >= 0.6 is 15.9 Å². The van der Waals surface area contributed by atoms with Gasteiger partial charge >= 0.3 is 12.2 Å². The van der Waals surface area contributed by atoms with Crippen LogP contribution < -0.4 is 5.32 Å². The van der Waals surface area contributed by atoms with Crippen LogP contribution in [0.2, 0.25) is 0 Å². The first-order chi connectivity index (χ1) is 8.79. The molecule has 3 nitrogen and oxygen atoms in total. The molecule has 0 fully saturated rings. The number of alkyl halides is 3. The first-order valence-electron chi connectivity index (χ1n) is 5.72. The molecule has 106 valence electrons. The van der Waals surface area contributed by atoms with Crippen molar-refractivity contribution in [3.63, 3.8) is 0 Å². The summed E-state index contributed by atoms with van der Waals surface area (Å²) in [5, 5.41) is 2.29. The minimum atomic E-state index is -4.52. The highest BCUT2D eigenvalue weighted by molar-refractivity contribution is 9.10. The van der Waals surface area contributed by atoms with Crippen molar-refractivity contribution in [3.05, 3.63) is 28.2 Å². The van der Waals surface area contributed by atoms with Crippen molar-refractivity contribution in [2.24, 2.45) is 0 Å². The van der Waals surface area contributed by atoms with Gasteiger partial charge in [0, 0.05) is 17.6 Å². The lowest BCUT2D eigenvalue weighted by Crippen LogP contribution is -2.35. The van der Waals surface area contributed by atoms with E-state index in [9.17, 15) is 18.0 Å². The van der Waals surface area contributed by atoms with Crippen LogP contribution in [0.5, 0.6) is 0 Å². The van der Waals surface area contributed by atoms with Crippen molar-refractivity contribution in [2.45, 2.75) is 20.0 Å². The zero-order chi connectivity index (χ0) is 14.6. The van der Waals surface area contributed by atoms with Crippen LogP contribution in [0.15, 0.2) is 22.7 Å². The third-order valence-electron chi connectivity index (χ3n) is 2.58. The number of hydrogen-bond acceptors (Lipinski definition) is 1. The van der Waals surface area contributed by atoms with Crippen molar-refractivity contribution in [3.8, 4) is 0 Å². The molecule has 0 saturated heterocycles. The van der Waals surface area contributed by atoms with Crippen LogP contribution in [0.25, 0.3) is 0 Å². The Bertz CT molecular complexity index is 459. The quantitative estimate of drug-likeness (QED) is 0.873. The van der Waals surface area contributed by atoms with Crippen LogP contribution in [-0.2, 0) is 6.18 Å². The number of halogens is 4. The average Bonchev–Trinajstić information content (AvgIpc) is 2.31. The maximum absolute atomic E-state index is 12.9. The summed E-state index contributed by atoms with van der Waals surface area (Å²) in [6.07, 6.45) is -4.52. The van der Waals surface area contributed by atoms with Gasteiger partial charge in [-0.1, -0.05) is 15.9 Å². The van der Waals surface area contributed by atoms with E-state index >= 15 is 0 Å². The minimum absolute atomic E-state index is 0.243. The fraction of sp³-hybridized carbons (Fsp3) is 0.417. The summed E-state index contributed by atoms with van der Waals surface area (Å²) in [5.74, 6) is 0. The van der Waals surface area contributed by atoms with E-state index in [4.69, 9.17) is 0 Å². The fourth-order valence-corrected chi connectivity index (χ4v) is 1.93. The molecule has 2 amide bonds. The summed E-state index contributed by atoms with van der Waals surface area (Å²) in [6, 6.07) is 3.08. The van der Waals surface area contributed by atoms with Gasteiger partial charge in [0.1, 0.15) is 0 Å². The Morgan fingerprint density at radius 2 is 1.89 bits per heavy atom. The van der Waals surface area contributed by atoms with E-state index in [-0.39, 0.29) is 5.69 Å². The summed E-state index contributed by atoms with van der Waals surface area (Å²) in [4.78, 5) is 13.2. The minimum Gasteiger partial charge on any atom is -0.325 e. The third kappa shape index (κ3) is 4.12. The molecule has 0 bridgehead atoms. The molecule has 1 aromatic rings. The van der Waals surface area contributed by atoms with Gasteiger partial charge in [-0.15, -0.1) is 0 Å². The molecule has 0 heterocycles. The normalized spacial score (nSPS) is 11.3. The summed E-state index contributed by atoms with van der Waals surface area (Å²) in [5.41, 5.74) is -1.12. The highest BCUT2D eigenvalue weighted by atomic mass is 79.9. The van der Waals surface area contributed by atoms with E-state index in [1.807, 2.05) is 0 Å². The summed E-state index contributed by atoms with van der Waals surface area (Å²) in [6.45, 7) is 4.38. The van der Waals surface area contributed by atoms with Gasteiger partial charge < -0.3 is 10.2 Å². The maximum atomic E-state index is 12.9. The van der Waals surface area contributed by atoms with Crippen LogP contribution in [-0.4, -0.2) is 24.0 Å². The van der Waals surface area contributed by atoms with Crippen LogP contribution in [0.3, 0.4) is 0 Å². The largest absolute Gasteiger partial charge is 0.418 e. The lowest BCUT2D eigenvalue weighted by molar-refractivity contribution is -0.137. The van der Waals surface area contributed by atoms with Crippen molar-refractivity contribution in [1.82, 2.24) is 4.90 Å². The summed E-state index contributed by atoms with van der Waals surface area (Å²) in [7, 11) is 0. The number of benzene rings is 1. The van der Waals surface area contributed by atoms with E-state index in [0.717, 1.165) is 6.07 Å². The van der Waals surface area contributed by atoms with Gasteiger partial charge in [0.25, 0.3) is 0 Å². The Morgan fingerprint density at radius 1 is 1.32 bits per heavy atom. The lowest BCUT2D eigenvalue weighted by atomic mass is 10.1. The van der Waals surface area contributed by atoms with Crippen LogP contribution in [0.1, 0.15) is 19.4 Å². The molecule has 0 unspecified atom stereocenters. The molecule has 1 N–H and O–H groups in total. The van der Waals surface area contributed by atoms with Gasteiger partial charge in [-0.2, -0.15) is 13.2 Å². The number of anilines is 1. The van der Waals surface area contributed by atoms with Gasteiger partial charge in [-0.05, 0) is 32.0 Å². The fourth-order valence-electron chi connectivity index (χ4n) is 1.57. The van der Waals surface area contributed by atoms with Crippen molar-refractivity contribution in [1.29, 1.82) is 0 Å². The second kappa shape index (κ2) is 6.27. The monoisotopic (exact) mass is 338 g/mol. The van der Waals surface area contributed by atoms with Crippen LogP contribution in [0.4, 0.5) is 23.7 Å². The smallest absolute Gasteiger partial charge is 0.325 e. The van der Waals surface area contributed by atoms with E-state index in [1.54, 1.807) is 13.8 Å². The predicted molar refractivity (Wildman–Crippen MR) is 71.1 cm³/mol. The van der Waals surface area contributed by atoms with Gasteiger partial charge in [0.15, 0.2) is 0 Å². The molecule has 0 spiro atoms. The van der Waals surface area contributed by atoms with E-state index in [1.165, 1.54) is 17.0 Å². The number of urea groups is 1. The summed E-state index contributed by atoms with van der Waals surface area (Å²) < 4.78 is 38.9. The molecule has 0 aliphatic heterocycles. The van der Waals surface area contributed by atoms with Gasteiger partial charge in [-0.25, -0.2) is 4.79 Å². The molecule has 0 aliphatic rings. The zero-order valence-electron chi connectivity index (χ0n) is 10.5. The SMILES string of the molecule is CCN(CC)C(=O)Nc1ccc(Br)cc1C(F)(F)F. The Balaban J connectivity index is 3.05. The number of carbonyl (C=O) groups excluding carboxylic acids is 1. The standard InChI is InChI=1S/C12H14BrF3N2O/c1-3-18(4-2)11(19)17-10-6-5-8(13)7-9(10)12(14,15)16/h5-7H,3-4H2,1-2H3,(H,17,19). The third-order valence-corrected chi connectivity index (χ3v) is 3.07. The molecule has 19 heavy (non-hydrogen) atoms. The molecule has 0 radical (unpaired) electrons. The highest BCUT2D eigenvalue weighted by Crippen LogP contribution is 2.36. The maximum Gasteiger partial charge on any atom is 0.418 e. The zero-order valence-corrected chi connectivity index (χ0v) is 12.1. The van der Waals surface area contributed by atoms with E-state index < -0.39 is 17.8 Å². The van der Waals surface area contributed by atoms with Gasteiger partial charge in [0.05, 0.1) is 11.3 Å². The first-order valence-corrected chi connectivity index (χ1v) is 6.51. The Hall–Kier alpha value is -1.24. The molecule has 0 saturated carbocycles. The number of nitrogens with one attached hydrogen (secondary N) is 1. The van der Waals surface area contributed by atoms with Crippen molar-refractivity contribution >= 4 is 27.6 Å². The molecular formula is C12H14BrF3N2O. The molecule has 1 rings (SSSR count). The Kier molecular flexibility index (Phi) is 5.22. The molecule has 1 aromatic carbocycles. The highest BCUT2D eigenvalue weighted by Gasteiger charge is 2.34. The van der Waals surface area contributed by atoms with Gasteiger partial charge in [-0.3, -0.25) is 0 Å². The molecule has 0 aromatic heterocycles. The molecule has 7 heteroatoms. The van der Waals surface area contributed by atoms with E-state index in [2.05, 4.69) is 21.2 Å². The molecular weight excluding hydrogens is 325 g/mol.